The predicted octanol–water partition coefficient (Wildman–Crippen LogP) is 4.66. The number of hydrazine groups is 1. The number of aromatic nitrogens is 1. The van der Waals surface area contributed by atoms with Crippen LogP contribution < -0.4 is 10.9 Å². The molecule has 1 aliphatic rings. The monoisotopic (exact) mass is 475 g/mol. The second-order valence-corrected chi connectivity index (χ2v) is 8.60. The molecule has 2 amide bonds. The number of fused-ring (bicyclic) bond motifs is 1. The van der Waals surface area contributed by atoms with Crippen LogP contribution in [-0.4, -0.2) is 30.0 Å². The van der Waals surface area contributed by atoms with Crippen LogP contribution in [0.5, 0.6) is 0 Å². The first-order chi connectivity index (χ1) is 16.6. The van der Waals surface area contributed by atoms with Gasteiger partial charge < -0.3 is 9.15 Å². The number of amides is 2. The summed E-state index contributed by atoms with van der Waals surface area (Å²) < 4.78 is 11.0. The molecule has 0 atom stereocenters. The normalized spacial score (nSPS) is 15.1. The molecular weight excluding hydrogens is 454 g/mol. The van der Waals surface area contributed by atoms with Gasteiger partial charge in [-0.1, -0.05) is 41.9 Å². The molecule has 7 nitrogen and oxygen atoms in total. The molecule has 1 aliphatic heterocycles. The number of carbonyl (C=O) groups is 2. The molecule has 0 saturated carbocycles. The molecule has 0 unspecified atom stereocenters. The Kier molecular flexibility index (Phi) is 6.04. The second-order valence-electron chi connectivity index (χ2n) is 8.16. The van der Waals surface area contributed by atoms with E-state index in [1.54, 1.807) is 36.6 Å². The molecular formula is C26H22ClN3O4. The molecule has 5 rings (SSSR count). The van der Waals surface area contributed by atoms with Crippen LogP contribution >= 0.6 is 11.6 Å². The van der Waals surface area contributed by atoms with E-state index in [-0.39, 0.29) is 5.91 Å². The van der Waals surface area contributed by atoms with Gasteiger partial charge in [0.15, 0.2) is 5.76 Å². The zero-order chi connectivity index (χ0) is 23.5. The van der Waals surface area contributed by atoms with Crippen molar-refractivity contribution in [2.75, 3.05) is 13.2 Å². The van der Waals surface area contributed by atoms with Crippen LogP contribution in [0.4, 0.5) is 0 Å². The zero-order valence-electron chi connectivity index (χ0n) is 18.2. The van der Waals surface area contributed by atoms with Gasteiger partial charge in [-0.05, 0) is 54.8 Å². The van der Waals surface area contributed by atoms with Crippen LogP contribution in [0.2, 0.25) is 5.02 Å². The van der Waals surface area contributed by atoms with E-state index < -0.39 is 11.3 Å². The molecule has 0 bridgehead atoms. The third-order valence-electron chi connectivity index (χ3n) is 6.20. The third kappa shape index (κ3) is 4.16. The van der Waals surface area contributed by atoms with Crippen LogP contribution in [0.25, 0.3) is 22.4 Å². The molecule has 2 aromatic heterocycles. The van der Waals surface area contributed by atoms with Gasteiger partial charge in [-0.2, -0.15) is 0 Å². The number of para-hydroxylation sites is 1. The lowest BCUT2D eigenvalue weighted by atomic mass is 9.73. The molecule has 8 heteroatoms. The Balaban J connectivity index is 1.42. The van der Waals surface area contributed by atoms with Crippen molar-refractivity contribution >= 4 is 34.3 Å². The van der Waals surface area contributed by atoms with Gasteiger partial charge in [0, 0.05) is 23.6 Å². The van der Waals surface area contributed by atoms with E-state index in [1.807, 2.05) is 36.4 Å². The highest BCUT2D eigenvalue weighted by Crippen LogP contribution is 2.35. The van der Waals surface area contributed by atoms with Gasteiger partial charge in [-0.25, -0.2) is 4.98 Å². The Bertz CT molecular complexity index is 1330. The standard InChI is InChI=1S/C26H22ClN3O4/c27-18-9-7-17(8-10-18)26(11-14-33-15-12-26)25(32)30-29-24(31)20-16-22(23-6-3-13-34-23)28-21-5-2-1-4-19(20)21/h1-10,13,16H,11-12,14-15H2,(H,29,31)(H,30,32). The smallest absolute Gasteiger partial charge is 0.270 e. The van der Waals surface area contributed by atoms with Crippen molar-refractivity contribution in [1.82, 2.24) is 15.8 Å². The fourth-order valence-electron chi connectivity index (χ4n) is 4.35. The quantitative estimate of drug-likeness (QED) is 0.419. The molecule has 172 valence electrons. The first-order valence-corrected chi connectivity index (χ1v) is 11.3. The zero-order valence-corrected chi connectivity index (χ0v) is 19.0. The number of furan rings is 1. The lowest BCUT2D eigenvalue weighted by Gasteiger charge is -2.36. The SMILES string of the molecule is O=C(NNC(=O)C1(c2ccc(Cl)cc2)CCOCC1)c1cc(-c2ccco2)nc2ccccc12. The van der Waals surface area contributed by atoms with Gasteiger partial charge in [0.05, 0.1) is 22.8 Å². The summed E-state index contributed by atoms with van der Waals surface area (Å²) in [6.07, 6.45) is 2.55. The number of rotatable bonds is 4. The van der Waals surface area contributed by atoms with Gasteiger partial charge in [0.2, 0.25) is 5.91 Å². The molecule has 4 aromatic rings. The maximum Gasteiger partial charge on any atom is 0.270 e. The molecule has 0 aliphatic carbocycles. The highest BCUT2D eigenvalue weighted by molar-refractivity contribution is 6.30. The van der Waals surface area contributed by atoms with Gasteiger partial charge in [0.25, 0.3) is 5.91 Å². The molecule has 1 fully saturated rings. The van der Waals surface area contributed by atoms with E-state index in [2.05, 4.69) is 15.8 Å². The van der Waals surface area contributed by atoms with Crippen LogP contribution in [0.1, 0.15) is 28.8 Å². The molecule has 3 heterocycles. The Morgan fingerprint density at radius 3 is 2.44 bits per heavy atom. The van der Waals surface area contributed by atoms with E-state index in [1.165, 1.54) is 0 Å². The summed E-state index contributed by atoms with van der Waals surface area (Å²) in [7, 11) is 0. The average molecular weight is 476 g/mol. The summed E-state index contributed by atoms with van der Waals surface area (Å²) in [5.41, 5.74) is 6.82. The number of pyridine rings is 1. The third-order valence-corrected chi connectivity index (χ3v) is 6.45. The number of hydrogen-bond donors (Lipinski definition) is 2. The van der Waals surface area contributed by atoms with E-state index >= 15 is 0 Å². The van der Waals surface area contributed by atoms with Crippen molar-refractivity contribution in [3.8, 4) is 11.5 Å². The van der Waals surface area contributed by atoms with Gasteiger partial charge >= 0.3 is 0 Å². The number of nitrogens with zero attached hydrogens (tertiary/aromatic N) is 1. The summed E-state index contributed by atoms with van der Waals surface area (Å²) in [5.74, 6) is -0.193. The number of halogens is 1. The maximum absolute atomic E-state index is 13.4. The lowest BCUT2D eigenvalue weighted by molar-refractivity contribution is -0.131. The molecule has 0 spiro atoms. The van der Waals surface area contributed by atoms with Crippen LogP contribution in [0, 0.1) is 0 Å². The Labute approximate surface area is 201 Å². The Hall–Kier alpha value is -3.68. The number of carbonyl (C=O) groups excluding carboxylic acids is 2. The fourth-order valence-corrected chi connectivity index (χ4v) is 4.48. The van der Waals surface area contributed by atoms with Gasteiger partial charge in [-0.3, -0.25) is 20.4 Å². The summed E-state index contributed by atoms with van der Waals surface area (Å²) in [4.78, 5) is 31.2. The summed E-state index contributed by atoms with van der Waals surface area (Å²) in [6.45, 7) is 0.900. The first-order valence-electron chi connectivity index (χ1n) is 11.0. The number of benzene rings is 2. The predicted molar refractivity (Wildman–Crippen MR) is 128 cm³/mol. The summed E-state index contributed by atoms with van der Waals surface area (Å²) in [5, 5.41) is 1.26. The topological polar surface area (TPSA) is 93.5 Å². The van der Waals surface area contributed by atoms with Crippen molar-refractivity contribution in [2.45, 2.75) is 18.3 Å². The second kappa shape index (κ2) is 9.29. The fraction of sp³-hybridized carbons (Fsp3) is 0.192. The highest BCUT2D eigenvalue weighted by atomic mass is 35.5. The molecule has 0 radical (unpaired) electrons. The molecule has 34 heavy (non-hydrogen) atoms. The molecule has 2 aromatic carbocycles. The van der Waals surface area contributed by atoms with Crippen LogP contribution in [0.3, 0.4) is 0 Å². The minimum Gasteiger partial charge on any atom is -0.463 e. The number of nitrogens with one attached hydrogen (secondary N) is 2. The van der Waals surface area contributed by atoms with Crippen molar-refractivity contribution in [3.05, 3.63) is 89.1 Å². The number of hydrogen-bond acceptors (Lipinski definition) is 5. The minimum atomic E-state index is -0.824. The number of ether oxygens (including phenoxy) is 1. The lowest BCUT2D eigenvalue weighted by Crippen LogP contribution is -2.53. The Morgan fingerprint density at radius 2 is 1.71 bits per heavy atom. The van der Waals surface area contributed by atoms with Crippen molar-refractivity contribution in [1.29, 1.82) is 0 Å². The van der Waals surface area contributed by atoms with E-state index in [0.717, 1.165) is 5.56 Å². The Morgan fingerprint density at radius 1 is 0.941 bits per heavy atom. The van der Waals surface area contributed by atoms with Crippen LogP contribution in [0.15, 0.2) is 77.4 Å². The van der Waals surface area contributed by atoms with E-state index in [4.69, 9.17) is 20.8 Å². The van der Waals surface area contributed by atoms with Crippen molar-refractivity contribution < 1.29 is 18.7 Å². The maximum atomic E-state index is 13.4. The van der Waals surface area contributed by atoms with Gasteiger partial charge in [-0.15, -0.1) is 0 Å². The van der Waals surface area contributed by atoms with Crippen molar-refractivity contribution in [3.63, 3.8) is 0 Å². The molecule has 2 N–H and O–H groups in total. The summed E-state index contributed by atoms with van der Waals surface area (Å²) >= 11 is 6.05. The summed E-state index contributed by atoms with van der Waals surface area (Å²) in [6, 6.07) is 19.8. The highest BCUT2D eigenvalue weighted by Gasteiger charge is 2.42. The first kappa shape index (κ1) is 22.1. The molecule has 1 saturated heterocycles. The van der Waals surface area contributed by atoms with Gasteiger partial charge in [0.1, 0.15) is 5.69 Å². The van der Waals surface area contributed by atoms with E-state index in [9.17, 15) is 9.59 Å². The average Bonchev–Trinajstić information content (AvgIpc) is 3.42. The van der Waals surface area contributed by atoms with Crippen molar-refractivity contribution in [2.24, 2.45) is 0 Å². The van der Waals surface area contributed by atoms with Crippen LogP contribution in [-0.2, 0) is 14.9 Å². The minimum absolute atomic E-state index is 0.295. The van der Waals surface area contributed by atoms with E-state index in [0.29, 0.717) is 59.0 Å². The largest absolute Gasteiger partial charge is 0.463 e.